The molecule has 0 unspecified atom stereocenters. The molecule has 1 amide bonds. The lowest BCUT2D eigenvalue weighted by atomic mass is 10.1. The molecule has 2 rings (SSSR count). The summed E-state index contributed by atoms with van der Waals surface area (Å²) in [7, 11) is 0. The van der Waals surface area contributed by atoms with Crippen LogP contribution >= 0.6 is 0 Å². The van der Waals surface area contributed by atoms with Crippen molar-refractivity contribution < 1.29 is 9.90 Å². The lowest BCUT2D eigenvalue weighted by Crippen LogP contribution is -2.52. The SMILES string of the molecule is Cc1ccc(C(=O)N2CCN(CC(C)(C)O)CC2)c(N)c1. The van der Waals surface area contributed by atoms with Crippen molar-refractivity contribution in [3.8, 4) is 0 Å². The van der Waals surface area contributed by atoms with Gasteiger partial charge in [-0.05, 0) is 38.5 Å². The first kappa shape index (κ1) is 15.8. The summed E-state index contributed by atoms with van der Waals surface area (Å²) in [5.74, 6) is -0.00425. The Balaban J connectivity index is 1.97. The number of hydrogen-bond acceptors (Lipinski definition) is 4. The predicted octanol–water partition coefficient (Wildman–Crippen LogP) is 1.11. The second-order valence-corrected chi connectivity index (χ2v) is 6.47. The third-order valence-electron chi connectivity index (χ3n) is 3.71. The van der Waals surface area contributed by atoms with Crippen molar-refractivity contribution in [2.45, 2.75) is 26.4 Å². The largest absolute Gasteiger partial charge is 0.398 e. The number of aliphatic hydroxyl groups is 1. The molecule has 3 N–H and O–H groups in total. The van der Waals surface area contributed by atoms with Crippen LogP contribution in [-0.2, 0) is 0 Å². The van der Waals surface area contributed by atoms with Crippen LogP contribution in [0.15, 0.2) is 18.2 Å². The topological polar surface area (TPSA) is 69.8 Å². The molecule has 0 radical (unpaired) electrons. The number of carbonyl (C=O) groups is 1. The Labute approximate surface area is 126 Å². The van der Waals surface area contributed by atoms with Gasteiger partial charge in [0.1, 0.15) is 0 Å². The number of nitrogen functional groups attached to an aromatic ring is 1. The number of nitrogens with zero attached hydrogens (tertiary/aromatic N) is 2. The van der Waals surface area contributed by atoms with E-state index in [0.717, 1.165) is 18.7 Å². The van der Waals surface area contributed by atoms with Crippen LogP contribution in [0.5, 0.6) is 0 Å². The van der Waals surface area contributed by atoms with Crippen LogP contribution in [0, 0.1) is 6.92 Å². The summed E-state index contributed by atoms with van der Waals surface area (Å²) < 4.78 is 0. The Bertz CT molecular complexity index is 515. The zero-order valence-electron chi connectivity index (χ0n) is 13.1. The van der Waals surface area contributed by atoms with Gasteiger partial charge in [0.25, 0.3) is 5.91 Å². The maximum absolute atomic E-state index is 12.5. The molecular formula is C16H25N3O2. The molecule has 1 heterocycles. The van der Waals surface area contributed by atoms with Gasteiger partial charge in [0, 0.05) is 38.4 Å². The summed E-state index contributed by atoms with van der Waals surface area (Å²) in [6.07, 6.45) is 0. The first-order valence-electron chi connectivity index (χ1n) is 7.36. The monoisotopic (exact) mass is 291 g/mol. The second kappa shape index (κ2) is 6.03. The van der Waals surface area contributed by atoms with E-state index in [1.54, 1.807) is 19.9 Å². The fourth-order valence-electron chi connectivity index (χ4n) is 2.70. The molecule has 0 aromatic heterocycles. The van der Waals surface area contributed by atoms with Gasteiger partial charge in [0.15, 0.2) is 0 Å². The third kappa shape index (κ3) is 4.19. The number of piperazine rings is 1. The molecule has 1 aliphatic rings. The normalized spacial score (nSPS) is 17.0. The van der Waals surface area contributed by atoms with Gasteiger partial charge in [-0.2, -0.15) is 0 Å². The zero-order valence-corrected chi connectivity index (χ0v) is 13.1. The molecule has 0 saturated carbocycles. The van der Waals surface area contributed by atoms with Crippen molar-refractivity contribution in [1.29, 1.82) is 0 Å². The number of β-amino-alcohol motifs (C(OH)–C–C–N with tert-alkyl or cyclic N) is 1. The van der Waals surface area contributed by atoms with Crippen LogP contribution < -0.4 is 5.73 Å². The van der Waals surface area contributed by atoms with E-state index >= 15 is 0 Å². The van der Waals surface area contributed by atoms with Crippen molar-refractivity contribution in [2.75, 3.05) is 38.5 Å². The highest BCUT2D eigenvalue weighted by molar-refractivity contribution is 5.99. The average Bonchev–Trinajstić information content (AvgIpc) is 2.37. The number of hydrogen-bond donors (Lipinski definition) is 2. The van der Waals surface area contributed by atoms with Gasteiger partial charge < -0.3 is 15.7 Å². The van der Waals surface area contributed by atoms with Crippen molar-refractivity contribution in [1.82, 2.24) is 9.80 Å². The first-order chi connectivity index (χ1) is 9.76. The molecule has 1 aliphatic heterocycles. The summed E-state index contributed by atoms with van der Waals surface area (Å²) >= 11 is 0. The minimum Gasteiger partial charge on any atom is -0.398 e. The van der Waals surface area contributed by atoms with Gasteiger partial charge in [-0.3, -0.25) is 9.69 Å². The molecule has 5 heteroatoms. The maximum Gasteiger partial charge on any atom is 0.256 e. The summed E-state index contributed by atoms with van der Waals surface area (Å²) in [4.78, 5) is 16.5. The standard InChI is InChI=1S/C16H25N3O2/c1-12-4-5-13(14(17)10-12)15(20)19-8-6-18(7-9-19)11-16(2,3)21/h4-5,10,21H,6-9,11,17H2,1-3H3. The van der Waals surface area contributed by atoms with Gasteiger partial charge in [0.2, 0.25) is 0 Å². The molecular weight excluding hydrogens is 266 g/mol. The number of rotatable bonds is 3. The van der Waals surface area contributed by atoms with E-state index in [1.807, 2.05) is 24.0 Å². The zero-order chi connectivity index (χ0) is 15.6. The Kier molecular flexibility index (Phi) is 4.54. The van der Waals surface area contributed by atoms with Crippen LogP contribution in [-0.4, -0.2) is 59.1 Å². The lowest BCUT2D eigenvalue weighted by Gasteiger charge is -2.37. The van der Waals surface area contributed by atoms with E-state index in [-0.39, 0.29) is 5.91 Å². The Morgan fingerprint density at radius 3 is 2.43 bits per heavy atom. The highest BCUT2D eigenvalue weighted by Crippen LogP contribution is 2.17. The second-order valence-electron chi connectivity index (χ2n) is 6.47. The van der Waals surface area contributed by atoms with Crippen molar-refractivity contribution in [2.24, 2.45) is 0 Å². The van der Waals surface area contributed by atoms with Gasteiger partial charge in [-0.1, -0.05) is 6.07 Å². The minimum atomic E-state index is -0.701. The molecule has 0 aliphatic carbocycles. The van der Waals surface area contributed by atoms with Crippen LogP contribution in [0.2, 0.25) is 0 Å². The molecule has 1 aromatic rings. The summed E-state index contributed by atoms with van der Waals surface area (Å²) in [6, 6.07) is 5.54. The minimum absolute atomic E-state index is 0.00425. The van der Waals surface area contributed by atoms with Gasteiger partial charge in [-0.15, -0.1) is 0 Å². The van der Waals surface area contributed by atoms with E-state index < -0.39 is 5.60 Å². The Morgan fingerprint density at radius 2 is 1.90 bits per heavy atom. The number of carbonyl (C=O) groups excluding carboxylic acids is 1. The maximum atomic E-state index is 12.5. The quantitative estimate of drug-likeness (QED) is 0.818. The smallest absolute Gasteiger partial charge is 0.256 e. The number of amides is 1. The summed E-state index contributed by atoms with van der Waals surface area (Å²) in [5, 5.41) is 9.85. The van der Waals surface area contributed by atoms with Crippen molar-refractivity contribution in [3.63, 3.8) is 0 Å². The highest BCUT2D eigenvalue weighted by Gasteiger charge is 2.26. The molecule has 1 aromatic carbocycles. The molecule has 1 saturated heterocycles. The van der Waals surface area contributed by atoms with Crippen molar-refractivity contribution >= 4 is 11.6 Å². The van der Waals surface area contributed by atoms with Crippen molar-refractivity contribution in [3.05, 3.63) is 29.3 Å². The van der Waals surface area contributed by atoms with Gasteiger partial charge in [0.05, 0.1) is 11.2 Å². The Hall–Kier alpha value is -1.59. The van der Waals surface area contributed by atoms with Crippen LogP contribution in [0.1, 0.15) is 29.8 Å². The summed E-state index contributed by atoms with van der Waals surface area (Å²) in [5.41, 5.74) is 7.42. The third-order valence-corrected chi connectivity index (χ3v) is 3.71. The molecule has 5 nitrogen and oxygen atoms in total. The fourth-order valence-corrected chi connectivity index (χ4v) is 2.70. The number of benzene rings is 1. The van der Waals surface area contributed by atoms with E-state index in [0.29, 0.717) is 30.9 Å². The molecule has 0 spiro atoms. The van der Waals surface area contributed by atoms with Crippen LogP contribution in [0.3, 0.4) is 0 Å². The van der Waals surface area contributed by atoms with E-state index in [9.17, 15) is 9.90 Å². The lowest BCUT2D eigenvalue weighted by molar-refractivity contribution is 0.0179. The number of anilines is 1. The number of aryl methyl sites for hydroxylation is 1. The fraction of sp³-hybridized carbons (Fsp3) is 0.562. The Morgan fingerprint density at radius 1 is 1.29 bits per heavy atom. The molecule has 116 valence electrons. The van der Waals surface area contributed by atoms with E-state index in [2.05, 4.69) is 4.90 Å². The van der Waals surface area contributed by atoms with Crippen LogP contribution in [0.4, 0.5) is 5.69 Å². The highest BCUT2D eigenvalue weighted by atomic mass is 16.3. The van der Waals surface area contributed by atoms with E-state index in [1.165, 1.54) is 0 Å². The molecule has 21 heavy (non-hydrogen) atoms. The van der Waals surface area contributed by atoms with E-state index in [4.69, 9.17) is 5.73 Å². The predicted molar refractivity (Wildman–Crippen MR) is 84.2 cm³/mol. The summed E-state index contributed by atoms with van der Waals surface area (Å²) in [6.45, 7) is 9.09. The average molecular weight is 291 g/mol. The molecule has 0 bridgehead atoms. The molecule has 0 atom stereocenters. The molecule has 1 fully saturated rings. The van der Waals surface area contributed by atoms with Gasteiger partial charge in [-0.25, -0.2) is 0 Å². The van der Waals surface area contributed by atoms with Gasteiger partial charge >= 0.3 is 0 Å². The van der Waals surface area contributed by atoms with Crippen LogP contribution in [0.25, 0.3) is 0 Å². The number of nitrogens with two attached hydrogens (primary N) is 1. The first-order valence-corrected chi connectivity index (χ1v) is 7.36.